The summed E-state index contributed by atoms with van der Waals surface area (Å²) < 4.78 is 1.29. The van der Waals surface area contributed by atoms with E-state index >= 15 is 0 Å². The van der Waals surface area contributed by atoms with Gasteiger partial charge in [-0.3, -0.25) is 0 Å². The first-order valence-electron chi connectivity index (χ1n) is 3.45. The molecule has 0 fully saturated rings. The van der Waals surface area contributed by atoms with Gasteiger partial charge in [-0.05, 0) is 13.0 Å². The summed E-state index contributed by atoms with van der Waals surface area (Å²) in [5.41, 5.74) is 0.934. The van der Waals surface area contributed by atoms with Gasteiger partial charge in [0.1, 0.15) is 5.02 Å². The molecule has 64 valence electrons. The van der Waals surface area contributed by atoms with Crippen LogP contribution in [0.25, 0.3) is 0 Å². The molecule has 0 unspecified atom stereocenters. The van der Waals surface area contributed by atoms with Crippen molar-refractivity contribution >= 4 is 17.6 Å². The van der Waals surface area contributed by atoms with E-state index in [0.717, 1.165) is 5.56 Å². The molecule has 0 aliphatic heterocycles. The largest absolute Gasteiger partial charge is 0.377 e. The van der Waals surface area contributed by atoms with Gasteiger partial charge in [0.25, 0.3) is 0 Å². The van der Waals surface area contributed by atoms with Crippen molar-refractivity contribution in [1.82, 2.24) is 0 Å². The van der Waals surface area contributed by atoms with Crippen LogP contribution in [0.2, 0.25) is 5.02 Å². The average molecular weight is 187 g/mol. The van der Waals surface area contributed by atoms with Gasteiger partial charge in [-0.15, -0.1) is 0 Å². The minimum Gasteiger partial charge on any atom is -0.245 e. The van der Waals surface area contributed by atoms with Crippen molar-refractivity contribution in [1.29, 1.82) is 0 Å². The van der Waals surface area contributed by atoms with E-state index in [2.05, 4.69) is 0 Å². The molecule has 0 aliphatic carbocycles. The van der Waals surface area contributed by atoms with E-state index in [4.69, 9.17) is 16.4 Å². The lowest BCUT2D eigenvalue weighted by Crippen LogP contribution is -2.44. The monoisotopic (exact) mass is 186 g/mol. The van der Waals surface area contributed by atoms with E-state index in [1.807, 2.05) is 6.92 Å². The second-order valence-corrected chi connectivity index (χ2v) is 2.91. The molecule has 0 aromatic carbocycles. The fourth-order valence-corrected chi connectivity index (χ4v) is 1.12. The van der Waals surface area contributed by atoms with Crippen molar-refractivity contribution in [2.24, 2.45) is 0 Å². The minimum atomic E-state index is -0.373. The van der Waals surface area contributed by atoms with Crippen LogP contribution in [-0.2, 0) is 4.79 Å². The molecule has 3 nitrogen and oxygen atoms in total. The van der Waals surface area contributed by atoms with Gasteiger partial charge in [0.15, 0.2) is 0 Å². The van der Waals surface area contributed by atoms with E-state index in [9.17, 15) is 4.79 Å². The van der Waals surface area contributed by atoms with Gasteiger partial charge < -0.3 is 0 Å². The summed E-state index contributed by atoms with van der Waals surface area (Å²) >= 11 is 5.72. The fraction of sp³-hybridized carbons (Fsp3) is 0.250. The van der Waals surface area contributed by atoms with Crippen LogP contribution in [0.3, 0.4) is 0 Å². The molecule has 0 spiro atoms. The third-order valence-electron chi connectivity index (χ3n) is 1.18. The second-order valence-electron chi connectivity index (χ2n) is 2.47. The Morgan fingerprint density at radius 1 is 1.58 bits per heavy atom. The van der Waals surface area contributed by atoms with Crippen LogP contribution in [0.5, 0.6) is 0 Å². The molecular formula is C8H9ClNO2+. The van der Waals surface area contributed by atoms with E-state index < -0.39 is 0 Å². The first kappa shape index (κ1) is 9.00. The van der Waals surface area contributed by atoms with Gasteiger partial charge in [-0.1, -0.05) is 11.6 Å². The molecular weight excluding hydrogens is 178 g/mol. The van der Waals surface area contributed by atoms with Gasteiger partial charge in [0.2, 0.25) is 12.4 Å². The van der Waals surface area contributed by atoms with Gasteiger partial charge >= 0.3 is 5.97 Å². The summed E-state index contributed by atoms with van der Waals surface area (Å²) in [6.45, 7) is 3.20. The highest BCUT2D eigenvalue weighted by Crippen LogP contribution is 2.05. The Kier molecular flexibility index (Phi) is 2.65. The van der Waals surface area contributed by atoms with Crippen LogP contribution in [0.15, 0.2) is 18.5 Å². The average Bonchev–Trinajstić information content (AvgIpc) is 1.81. The SMILES string of the molecule is CC(=O)O[n+]1cc(C)cc(Cl)c1. The number of hydrogen-bond donors (Lipinski definition) is 0. The molecule has 1 aromatic heterocycles. The lowest BCUT2D eigenvalue weighted by atomic mass is 10.3. The summed E-state index contributed by atoms with van der Waals surface area (Å²) in [6, 6.07) is 1.78. The Morgan fingerprint density at radius 2 is 2.25 bits per heavy atom. The van der Waals surface area contributed by atoms with Crippen LogP contribution in [0, 0.1) is 6.92 Å². The zero-order chi connectivity index (χ0) is 9.14. The summed E-state index contributed by atoms with van der Waals surface area (Å²) in [6.07, 6.45) is 3.20. The van der Waals surface area contributed by atoms with Crippen molar-refractivity contribution in [2.45, 2.75) is 13.8 Å². The summed E-state index contributed by atoms with van der Waals surface area (Å²) in [5.74, 6) is -0.373. The Balaban J connectivity index is 2.93. The predicted molar refractivity (Wildman–Crippen MR) is 43.6 cm³/mol. The first-order valence-corrected chi connectivity index (χ1v) is 3.83. The summed E-state index contributed by atoms with van der Waals surface area (Å²) in [7, 11) is 0. The molecule has 12 heavy (non-hydrogen) atoms. The molecule has 1 aromatic rings. The topological polar surface area (TPSA) is 30.2 Å². The van der Waals surface area contributed by atoms with Crippen LogP contribution < -0.4 is 9.57 Å². The van der Waals surface area contributed by atoms with E-state index in [-0.39, 0.29) is 5.97 Å². The lowest BCUT2D eigenvalue weighted by molar-refractivity contribution is -0.869. The highest BCUT2D eigenvalue weighted by Gasteiger charge is 2.07. The molecule has 0 saturated heterocycles. The molecule has 0 aliphatic rings. The van der Waals surface area contributed by atoms with Gasteiger partial charge in [0.05, 0.1) is 0 Å². The number of rotatable bonds is 1. The molecule has 0 radical (unpaired) electrons. The van der Waals surface area contributed by atoms with Crippen molar-refractivity contribution < 1.29 is 14.4 Å². The number of carbonyl (C=O) groups excluding carboxylic acids is 1. The lowest BCUT2D eigenvalue weighted by Gasteiger charge is -1.93. The molecule has 0 N–H and O–H groups in total. The predicted octanol–water partition coefficient (Wildman–Crippen LogP) is 0.911. The van der Waals surface area contributed by atoms with Crippen molar-refractivity contribution in [3.63, 3.8) is 0 Å². The molecule has 1 heterocycles. The summed E-state index contributed by atoms with van der Waals surface area (Å²) in [5, 5.41) is 0.538. The normalized spacial score (nSPS) is 9.58. The molecule has 1 rings (SSSR count). The molecule has 0 bridgehead atoms. The number of nitrogens with zero attached hydrogens (tertiary/aromatic N) is 1. The van der Waals surface area contributed by atoms with Crippen LogP contribution in [0.4, 0.5) is 0 Å². The third-order valence-corrected chi connectivity index (χ3v) is 1.39. The maximum atomic E-state index is 10.5. The van der Waals surface area contributed by atoms with E-state index in [0.29, 0.717) is 5.02 Å². The second kappa shape index (κ2) is 3.54. The number of pyridine rings is 1. The molecule has 0 atom stereocenters. The van der Waals surface area contributed by atoms with Crippen LogP contribution >= 0.6 is 11.6 Å². The fourth-order valence-electron chi connectivity index (χ4n) is 0.853. The number of aryl methyl sites for hydroxylation is 1. The molecule has 0 amide bonds. The van der Waals surface area contributed by atoms with E-state index in [1.165, 1.54) is 17.9 Å². The maximum absolute atomic E-state index is 10.5. The highest BCUT2D eigenvalue weighted by atomic mass is 35.5. The zero-order valence-corrected chi connectivity index (χ0v) is 7.63. The maximum Gasteiger partial charge on any atom is 0.377 e. The first-order chi connectivity index (χ1) is 5.58. The van der Waals surface area contributed by atoms with Crippen LogP contribution in [0.1, 0.15) is 12.5 Å². The third kappa shape index (κ3) is 2.51. The van der Waals surface area contributed by atoms with Gasteiger partial charge in [-0.2, -0.15) is 4.84 Å². The van der Waals surface area contributed by atoms with Crippen LogP contribution in [-0.4, -0.2) is 5.97 Å². The quantitative estimate of drug-likeness (QED) is 0.611. The van der Waals surface area contributed by atoms with Gasteiger partial charge in [0, 0.05) is 17.2 Å². The highest BCUT2D eigenvalue weighted by molar-refractivity contribution is 6.30. The number of hydrogen-bond acceptors (Lipinski definition) is 2. The Labute approximate surface area is 75.5 Å². The van der Waals surface area contributed by atoms with Gasteiger partial charge in [-0.25, -0.2) is 4.79 Å². The molecule has 0 saturated carbocycles. The Bertz CT molecular complexity index is 292. The number of aromatic nitrogens is 1. The van der Waals surface area contributed by atoms with E-state index in [1.54, 1.807) is 12.3 Å². The van der Waals surface area contributed by atoms with Crippen molar-refractivity contribution in [3.8, 4) is 0 Å². The zero-order valence-electron chi connectivity index (χ0n) is 6.87. The Morgan fingerprint density at radius 3 is 2.75 bits per heavy atom. The smallest absolute Gasteiger partial charge is 0.245 e. The minimum absolute atomic E-state index is 0.373. The Hall–Kier alpha value is -1.09. The standard InChI is InChI=1S/C8H9ClNO2/c1-6-3-8(9)5-10(4-6)12-7(2)11/h3-5H,1-2H3/q+1. The number of halogens is 1. The van der Waals surface area contributed by atoms with Crippen molar-refractivity contribution in [2.75, 3.05) is 0 Å². The molecule has 4 heteroatoms. The number of carbonyl (C=O) groups is 1. The van der Waals surface area contributed by atoms with Crippen molar-refractivity contribution in [3.05, 3.63) is 29.0 Å². The summed E-state index contributed by atoms with van der Waals surface area (Å²) in [4.78, 5) is 15.3.